The van der Waals surface area contributed by atoms with Gasteiger partial charge in [0.25, 0.3) is 0 Å². The second-order valence-corrected chi connectivity index (χ2v) is 7.56. The Morgan fingerprint density at radius 2 is 2.09 bits per heavy atom. The van der Waals surface area contributed by atoms with E-state index < -0.39 is 6.23 Å². The van der Waals surface area contributed by atoms with Crippen molar-refractivity contribution in [2.45, 2.75) is 44.4 Å². The van der Waals surface area contributed by atoms with Crippen molar-refractivity contribution >= 4 is 10.9 Å². The molecule has 0 bridgehead atoms. The van der Waals surface area contributed by atoms with Crippen molar-refractivity contribution < 1.29 is 10.2 Å². The quantitative estimate of drug-likeness (QED) is 0.896. The van der Waals surface area contributed by atoms with Gasteiger partial charge in [-0.05, 0) is 49.3 Å². The van der Waals surface area contributed by atoms with Crippen LogP contribution in [0.4, 0.5) is 0 Å². The average Bonchev–Trinajstić information content (AvgIpc) is 2.90. The molecule has 2 N–H and O–H groups in total. The Morgan fingerprint density at radius 3 is 2.96 bits per heavy atom. The Kier molecular flexibility index (Phi) is 2.94. The number of aromatic nitrogens is 1. The van der Waals surface area contributed by atoms with Crippen LogP contribution in [0.1, 0.15) is 49.2 Å². The minimum absolute atomic E-state index is 0.0337. The summed E-state index contributed by atoms with van der Waals surface area (Å²) in [6.45, 7) is 2.47. The van der Waals surface area contributed by atoms with Gasteiger partial charge in [0.15, 0.2) is 0 Å². The lowest BCUT2D eigenvalue weighted by atomic mass is 9.64. The van der Waals surface area contributed by atoms with Crippen molar-refractivity contribution in [2.75, 3.05) is 19.7 Å². The van der Waals surface area contributed by atoms with E-state index in [1.807, 2.05) is 0 Å². The molecule has 0 aliphatic carbocycles. The zero-order valence-corrected chi connectivity index (χ0v) is 13.4. The molecule has 1 fully saturated rings. The summed E-state index contributed by atoms with van der Waals surface area (Å²) in [7, 11) is 0. The van der Waals surface area contributed by atoms with Gasteiger partial charge < -0.3 is 14.8 Å². The van der Waals surface area contributed by atoms with E-state index in [4.69, 9.17) is 0 Å². The monoisotopic (exact) mass is 312 g/mol. The Hall–Kier alpha value is -1.36. The van der Waals surface area contributed by atoms with Crippen LogP contribution in [0.5, 0.6) is 0 Å². The molecular formula is C19H24N2O2. The number of hydrogen-bond donors (Lipinski definition) is 2. The van der Waals surface area contributed by atoms with E-state index in [2.05, 4.69) is 33.7 Å². The van der Waals surface area contributed by atoms with E-state index in [0.717, 1.165) is 38.8 Å². The lowest BCUT2D eigenvalue weighted by molar-refractivity contribution is -0.0866. The van der Waals surface area contributed by atoms with E-state index in [0.29, 0.717) is 6.04 Å². The summed E-state index contributed by atoms with van der Waals surface area (Å²) in [6.07, 6.45) is 4.46. The molecular weight excluding hydrogens is 288 g/mol. The fourth-order valence-corrected chi connectivity index (χ4v) is 5.73. The molecule has 4 nitrogen and oxygen atoms in total. The maximum atomic E-state index is 11.0. The smallest absolute Gasteiger partial charge is 0.131 e. The summed E-state index contributed by atoms with van der Waals surface area (Å²) >= 11 is 0. The van der Waals surface area contributed by atoms with Gasteiger partial charge in [-0.2, -0.15) is 0 Å². The Balaban J connectivity index is 1.81. The van der Waals surface area contributed by atoms with Crippen molar-refractivity contribution in [3.63, 3.8) is 0 Å². The van der Waals surface area contributed by atoms with Crippen LogP contribution in [0.15, 0.2) is 24.3 Å². The minimum Gasteiger partial charge on any atom is -0.396 e. The van der Waals surface area contributed by atoms with Crippen LogP contribution in [-0.4, -0.2) is 39.4 Å². The van der Waals surface area contributed by atoms with Gasteiger partial charge in [-0.3, -0.25) is 4.90 Å². The third-order valence-corrected chi connectivity index (χ3v) is 6.53. The van der Waals surface area contributed by atoms with Crippen LogP contribution in [0.25, 0.3) is 10.9 Å². The number of hydrogen-bond acceptors (Lipinski definition) is 3. The van der Waals surface area contributed by atoms with Crippen LogP contribution < -0.4 is 0 Å². The van der Waals surface area contributed by atoms with Gasteiger partial charge in [0, 0.05) is 30.7 Å². The molecule has 4 heteroatoms. The van der Waals surface area contributed by atoms with Crippen molar-refractivity contribution in [1.82, 2.24) is 9.47 Å². The van der Waals surface area contributed by atoms with E-state index >= 15 is 0 Å². The van der Waals surface area contributed by atoms with Gasteiger partial charge in [-0.15, -0.1) is 0 Å². The normalized spacial score (nSPS) is 33.0. The van der Waals surface area contributed by atoms with Crippen LogP contribution in [0, 0.1) is 5.41 Å². The molecule has 23 heavy (non-hydrogen) atoms. The first kappa shape index (κ1) is 14.0. The third kappa shape index (κ3) is 1.72. The number of aliphatic hydroxyl groups excluding tert-OH is 2. The Morgan fingerprint density at radius 1 is 1.22 bits per heavy atom. The van der Waals surface area contributed by atoms with Crippen LogP contribution in [-0.2, 0) is 6.42 Å². The molecule has 0 spiro atoms. The third-order valence-electron chi connectivity index (χ3n) is 6.53. The highest BCUT2D eigenvalue weighted by Crippen LogP contribution is 2.59. The molecule has 1 saturated heterocycles. The fourth-order valence-electron chi connectivity index (χ4n) is 5.73. The number of benzene rings is 1. The van der Waals surface area contributed by atoms with Crippen molar-refractivity contribution in [3.05, 3.63) is 35.5 Å². The molecule has 5 rings (SSSR count). The molecule has 3 atom stereocenters. The Labute approximate surface area is 136 Å². The van der Waals surface area contributed by atoms with E-state index in [9.17, 15) is 10.2 Å². The van der Waals surface area contributed by atoms with Gasteiger partial charge in [0.05, 0.1) is 11.6 Å². The number of rotatable bonds is 2. The molecule has 0 amide bonds. The predicted octanol–water partition coefficient (Wildman–Crippen LogP) is 2.60. The fraction of sp³-hybridized carbons (Fsp3) is 0.579. The lowest BCUT2D eigenvalue weighted by Crippen LogP contribution is -2.53. The summed E-state index contributed by atoms with van der Waals surface area (Å²) in [5, 5.41) is 22.0. The van der Waals surface area contributed by atoms with Crippen molar-refractivity contribution in [1.29, 1.82) is 0 Å². The molecule has 1 aromatic carbocycles. The summed E-state index contributed by atoms with van der Waals surface area (Å²) < 4.78 is 2.20. The predicted molar refractivity (Wildman–Crippen MR) is 89.2 cm³/mol. The van der Waals surface area contributed by atoms with E-state index in [1.165, 1.54) is 28.6 Å². The highest BCUT2D eigenvalue weighted by atomic mass is 16.3. The zero-order chi connectivity index (χ0) is 15.6. The molecule has 4 heterocycles. The van der Waals surface area contributed by atoms with Gasteiger partial charge >= 0.3 is 0 Å². The Bertz CT molecular complexity index is 764. The molecule has 0 radical (unpaired) electrons. The maximum absolute atomic E-state index is 11.0. The first-order chi connectivity index (χ1) is 11.2. The first-order valence-electron chi connectivity index (χ1n) is 8.90. The average molecular weight is 312 g/mol. The second kappa shape index (κ2) is 4.82. The molecule has 3 aliphatic rings. The molecule has 3 aliphatic heterocycles. The lowest BCUT2D eigenvalue weighted by Gasteiger charge is -2.56. The molecule has 0 unspecified atom stereocenters. The van der Waals surface area contributed by atoms with Crippen LogP contribution in [0.3, 0.4) is 0 Å². The standard InChI is InChI=1S/C19H24N2O2/c22-11-8-19-7-3-9-20-10-6-14-13-4-1-2-5-15(13)21(16(23)12-19)17(14)18(19)20/h1-2,4-5,16,18,22-23H,3,6-12H2/t16-,18-,19-/m0/s1. The minimum atomic E-state index is -0.468. The maximum Gasteiger partial charge on any atom is 0.131 e. The number of aliphatic hydroxyl groups is 2. The molecule has 122 valence electrons. The molecule has 0 saturated carbocycles. The highest BCUT2D eigenvalue weighted by Gasteiger charge is 2.53. The van der Waals surface area contributed by atoms with E-state index in [-0.39, 0.29) is 12.0 Å². The molecule has 2 aromatic rings. The summed E-state index contributed by atoms with van der Waals surface area (Å²) in [4.78, 5) is 2.61. The SMILES string of the molecule is OCC[C@@]12CCCN3CCc4c(n(c5ccccc45)[C@@H](O)C1)[C@H]32. The highest BCUT2D eigenvalue weighted by molar-refractivity contribution is 5.86. The van der Waals surface area contributed by atoms with Gasteiger partial charge in [0.2, 0.25) is 0 Å². The summed E-state index contributed by atoms with van der Waals surface area (Å²) in [5.74, 6) is 0. The van der Waals surface area contributed by atoms with Crippen LogP contribution >= 0.6 is 0 Å². The van der Waals surface area contributed by atoms with E-state index in [1.54, 1.807) is 0 Å². The summed E-state index contributed by atoms with van der Waals surface area (Å²) in [6, 6.07) is 8.88. The number of fused-ring (bicyclic) bond motifs is 3. The zero-order valence-electron chi connectivity index (χ0n) is 13.4. The molecule has 1 aromatic heterocycles. The van der Waals surface area contributed by atoms with Gasteiger partial charge in [-0.25, -0.2) is 0 Å². The van der Waals surface area contributed by atoms with Crippen molar-refractivity contribution in [2.24, 2.45) is 5.41 Å². The van der Waals surface area contributed by atoms with Crippen molar-refractivity contribution in [3.8, 4) is 0 Å². The number of piperidine rings is 1. The van der Waals surface area contributed by atoms with Crippen LogP contribution in [0.2, 0.25) is 0 Å². The first-order valence-corrected chi connectivity index (χ1v) is 8.90. The van der Waals surface area contributed by atoms with Gasteiger partial charge in [-0.1, -0.05) is 18.2 Å². The number of nitrogens with zero attached hydrogens (tertiary/aromatic N) is 2. The largest absolute Gasteiger partial charge is 0.396 e. The van der Waals surface area contributed by atoms with Gasteiger partial charge in [0.1, 0.15) is 6.23 Å². The number of para-hydroxylation sites is 1. The second-order valence-electron chi connectivity index (χ2n) is 7.56. The summed E-state index contributed by atoms with van der Waals surface area (Å²) in [5.41, 5.74) is 3.98. The topological polar surface area (TPSA) is 48.6 Å².